The molecule has 1 aliphatic rings. The third-order valence-electron chi connectivity index (χ3n) is 2.29. The highest BCUT2D eigenvalue weighted by molar-refractivity contribution is 7.22. The maximum Gasteiger partial charge on any atom is 0.586 e. The van der Waals surface area contributed by atoms with Crippen LogP contribution in [0.25, 0.3) is 10.2 Å². The molecule has 8 heteroatoms. The zero-order chi connectivity index (χ0) is 14.8. The summed E-state index contributed by atoms with van der Waals surface area (Å²) in [6.45, 7) is 1.81. The first kappa shape index (κ1) is 14.4. The topological polar surface area (TPSA) is 60.5 Å². The van der Waals surface area contributed by atoms with Crippen LogP contribution in [0.5, 0.6) is 11.5 Å². The van der Waals surface area contributed by atoms with Gasteiger partial charge in [-0.1, -0.05) is 18.3 Å². The molecular weight excluding hydrogens is 290 g/mol. The number of nitrogens with one attached hydrogen (secondary N) is 1. The van der Waals surface area contributed by atoms with Crippen molar-refractivity contribution in [2.24, 2.45) is 0 Å². The molecule has 108 valence electrons. The number of hydrogen-bond donors (Lipinski definition) is 1. The molecule has 2 aromatic rings. The molecule has 0 amide bonds. The third kappa shape index (κ3) is 2.96. The van der Waals surface area contributed by atoms with Crippen LogP contribution in [0.3, 0.4) is 0 Å². The molecule has 0 aliphatic carbocycles. The molecule has 5 nitrogen and oxygen atoms in total. The van der Waals surface area contributed by atoms with E-state index in [4.69, 9.17) is 0 Å². The number of thiazole rings is 1. The third-order valence-corrected chi connectivity index (χ3v) is 3.33. The van der Waals surface area contributed by atoms with Gasteiger partial charge in [0.15, 0.2) is 16.6 Å². The summed E-state index contributed by atoms with van der Waals surface area (Å²) in [6.07, 6.45) is -2.06. The van der Waals surface area contributed by atoms with Gasteiger partial charge in [-0.2, -0.15) is 0 Å². The predicted octanol–water partition coefficient (Wildman–Crippen LogP) is 3.25. The van der Waals surface area contributed by atoms with Crippen LogP contribution in [0, 0.1) is 0 Å². The molecule has 0 saturated carbocycles. The van der Waals surface area contributed by atoms with Crippen LogP contribution in [0.15, 0.2) is 12.1 Å². The lowest BCUT2D eigenvalue weighted by molar-refractivity contribution is -0.286. The van der Waals surface area contributed by atoms with Crippen LogP contribution in [-0.2, 0) is 4.79 Å². The number of benzene rings is 1. The average Bonchev–Trinajstić information content (AvgIpc) is 2.93. The molecule has 20 heavy (non-hydrogen) atoms. The summed E-state index contributed by atoms with van der Waals surface area (Å²) in [6, 6.07) is 2.95. The lowest BCUT2D eigenvalue weighted by atomic mass is 10.3. The molecule has 3 rings (SSSR count). The van der Waals surface area contributed by atoms with Gasteiger partial charge in [-0.15, -0.1) is 8.78 Å². The highest BCUT2D eigenvalue weighted by Crippen LogP contribution is 2.44. The summed E-state index contributed by atoms with van der Waals surface area (Å²) in [4.78, 5) is 13.4. The van der Waals surface area contributed by atoms with E-state index >= 15 is 0 Å². The van der Waals surface area contributed by atoms with Crippen LogP contribution in [0.1, 0.15) is 13.3 Å². The Labute approximate surface area is 117 Å². The molecule has 1 aromatic heterocycles. The smallest absolute Gasteiger partial charge is 0.395 e. The molecule has 1 N–H and O–H groups in total. The monoisotopic (exact) mass is 302 g/mol. The molecule has 0 fully saturated rings. The minimum Gasteiger partial charge on any atom is -0.395 e. The van der Waals surface area contributed by atoms with Gasteiger partial charge in [-0.25, -0.2) is 4.98 Å². The second-order valence-electron chi connectivity index (χ2n) is 3.78. The van der Waals surface area contributed by atoms with E-state index in [0.717, 1.165) is 11.0 Å². The molecule has 1 aliphatic heterocycles. The maximum atomic E-state index is 12.8. The van der Waals surface area contributed by atoms with Gasteiger partial charge in [0.05, 0.1) is 10.2 Å². The van der Waals surface area contributed by atoms with E-state index in [2.05, 4.69) is 19.8 Å². The van der Waals surface area contributed by atoms with Gasteiger partial charge in [0.2, 0.25) is 0 Å². The van der Waals surface area contributed by atoms with Gasteiger partial charge >= 0.3 is 6.29 Å². The van der Waals surface area contributed by atoms with Crippen LogP contribution >= 0.6 is 11.3 Å². The summed E-state index contributed by atoms with van der Waals surface area (Å²) in [5.74, 6) is 0.0641. The molecular formula is C12H12F2N2O3S. The summed E-state index contributed by atoms with van der Waals surface area (Å²) in [5.41, 5.74) is 0.606. The van der Waals surface area contributed by atoms with Gasteiger partial charge in [-0.05, 0) is 0 Å². The summed E-state index contributed by atoms with van der Waals surface area (Å²) < 4.78 is 35.0. The van der Waals surface area contributed by atoms with E-state index in [1.54, 1.807) is 7.05 Å². The number of hydrogen-bond acceptors (Lipinski definition) is 6. The quantitative estimate of drug-likeness (QED) is 0.863. The second kappa shape index (κ2) is 5.58. The van der Waals surface area contributed by atoms with Gasteiger partial charge in [0.1, 0.15) is 6.29 Å². The molecule has 0 radical (unpaired) electrons. The lowest BCUT2D eigenvalue weighted by Crippen LogP contribution is -2.25. The van der Waals surface area contributed by atoms with Crippen molar-refractivity contribution in [3.63, 3.8) is 0 Å². The average molecular weight is 302 g/mol. The predicted molar refractivity (Wildman–Crippen MR) is 71.7 cm³/mol. The van der Waals surface area contributed by atoms with Crippen molar-refractivity contribution in [1.29, 1.82) is 0 Å². The number of ether oxygens (including phenoxy) is 2. The zero-order valence-electron chi connectivity index (χ0n) is 10.8. The molecule has 1 aromatic carbocycles. The Balaban J connectivity index is 0.000000328. The summed E-state index contributed by atoms with van der Waals surface area (Å²) >= 11 is 1.36. The Morgan fingerprint density at radius 1 is 1.40 bits per heavy atom. The normalized spacial score (nSPS) is 14.6. The highest BCUT2D eigenvalue weighted by Gasteiger charge is 2.43. The number of aldehydes is 1. The number of aromatic nitrogens is 1. The van der Waals surface area contributed by atoms with Crippen molar-refractivity contribution in [2.75, 3.05) is 12.4 Å². The fraction of sp³-hybridized carbons (Fsp3) is 0.333. The Morgan fingerprint density at radius 2 is 2.00 bits per heavy atom. The number of carbonyl (C=O) groups is 1. The Morgan fingerprint density at radius 3 is 2.55 bits per heavy atom. The number of anilines is 1. The van der Waals surface area contributed by atoms with Crippen LogP contribution in [0.4, 0.5) is 13.9 Å². The Bertz CT molecular complexity index is 585. The first-order valence-electron chi connectivity index (χ1n) is 5.81. The van der Waals surface area contributed by atoms with Gasteiger partial charge < -0.3 is 19.6 Å². The van der Waals surface area contributed by atoms with Crippen molar-refractivity contribution in [2.45, 2.75) is 19.6 Å². The molecule has 2 heterocycles. The number of rotatable bonds is 2. The standard InChI is InChI=1S/C9H6F2N2O2S.C3H6O/c1-12-8-13-4-2-5-6(3-7(4)16-8)15-9(10,11)14-5;1-2-3-4/h2-3H,1H3,(H,12,13);3H,2H2,1H3. The summed E-state index contributed by atoms with van der Waals surface area (Å²) in [7, 11) is 1.74. The second-order valence-corrected chi connectivity index (χ2v) is 4.81. The van der Waals surface area contributed by atoms with E-state index in [9.17, 15) is 13.6 Å². The molecule has 0 saturated heterocycles. The van der Waals surface area contributed by atoms with E-state index in [0.29, 0.717) is 17.1 Å². The van der Waals surface area contributed by atoms with Crippen molar-refractivity contribution in [3.8, 4) is 11.5 Å². The molecule has 0 bridgehead atoms. The minimum absolute atomic E-state index is 0.0189. The van der Waals surface area contributed by atoms with E-state index in [-0.39, 0.29) is 11.5 Å². The lowest BCUT2D eigenvalue weighted by Gasteiger charge is -2.04. The highest BCUT2D eigenvalue weighted by atomic mass is 32.1. The minimum atomic E-state index is -3.57. The fourth-order valence-electron chi connectivity index (χ4n) is 1.48. The summed E-state index contributed by atoms with van der Waals surface area (Å²) in [5, 5.41) is 3.60. The van der Waals surface area contributed by atoms with E-state index in [1.165, 1.54) is 23.5 Å². The molecule has 0 spiro atoms. The van der Waals surface area contributed by atoms with Crippen molar-refractivity contribution in [3.05, 3.63) is 12.1 Å². The first-order valence-corrected chi connectivity index (χ1v) is 6.62. The zero-order valence-corrected chi connectivity index (χ0v) is 11.6. The van der Waals surface area contributed by atoms with Crippen molar-refractivity contribution < 1.29 is 23.0 Å². The largest absolute Gasteiger partial charge is 0.586 e. The number of alkyl halides is 2. The molecule has 0 atom stereocenters. The van der Waals surface area contributed by atoms with Gasteiger partial charge in [-0.3, -0.25) is 0 Å². The van der Waals surface area contributed by atoms with Crippen LogP contribution in [-0.4, -0.2) is 24.6 Å². The number of halogens is 2. The Hall–Kier alpha value is -1.96. The SMILES string of the molecule is CCC=O.CNc1nc2cc3c(cc2s1)OC(F)(F)O3. The van der Waals surface area contributed by atoms with Crippen LogP contribution < -0.4 is 14.8 Å². The van der Waals surface area contributed by atoms with E-state index < -0.39 is 6.29 Å². The van der Waals surface area contributed by atoms with Crippen molar-refractivity contribution >= 4 is 33.0 Å². The number of carbonyl (C=O) groups excluding carboxylic acids is 1. The number of nitrogens with zero attached hydrogens (tertiary/aromatic N) is 1. The number of fused-ring (bicyclic) bond motifs is 2. The first-order chi connectivity index (χ1) is 9.49. The molecule has 0 unspecified atom stereocenters. The van der Waals surface area contributed by atoms with Gasteiger partial charge in [0, 0.05) is 25.6 Å². The van der Waals surface area contributed by atoms with Crippen LogP contribution in [0.2, 0.25) is 0 Å². The van der Waals surface area contributed by atoms with E-state index in [1.807, 2.05) is 6.92 Å². The fourth-order valence-corrected chi connectivity index (χ4v) is 2.31. The Kier molecular flexibility index (Phi) is 4.03. The maximum absolute atomic E-state index is 12.8. The van der Waals surface area contributed by atoms with Crippen molar-refractivity contribution in [1.82, 2.24) is 4.98 Å². The van der Waals surface area contributed by atoms with Gasteiger partial charge in [0.25, 0.3) is 0 Å².